The molecular formula is C14H15N. The van der Waals surface area contributed by atoms with Gasteiger partial charge in [-0.15, -0.1) is 0 Å². The van der Waals surface area contributed by atoms with Gasteiger partial charge in [-0.2, -0.15) is 0 Å². The topological polar surface area (TPSA) is 12.0 Å². The van der Waals surface area contributed by atoms with Crippen LogP contribution >= 0.6 is 0 Å². The molecule has 0 aliphatic carbocycles. The number of benzene rings is 2. The summed E-state index contributed by atoms with van der Waals surface area (Å²) in [5.74, 6) is 0. The van der Waals surface area contributed by atoms with E-state index >= 15 is 0 Å². The zero-order chi connectivity index (χ0) is 10.3. The number of hydrogen-bond donors (Lipinski definition) is 1. The monoisotopic (exact) mass is 197 g/mol. The highest BCUT2D eigenvalue weighted by Gasteiger charge is 2.17. The van der Waals surface area contributed by atoms with Gasteiger partial charge in [0.05, 0.1) is 0 Å². The number of rotatable bonds is 0. The summed E-state index contributed by atoms with van der Waals surface area (Å²) in [5, 5.41) is 6.30. The zero-order valence-corrected chi connectivity index (χ0v) is 8.96. The lowest BCUT2D eigenvalue weighted by molar-refractivity contribution is 0.545. The second-order valence-electron chi connectivity index (χ2n) is 4.29. The highest BCUT2D eigenvalue weighted by atomic mass is 14.9. The maximum Gasteiger partial charge on any atom is 0.0300 e. The summed E-state index contributed by atoms with van der Waals surface area (Å²) in [6.07, 6.45) is 1.16. The lowest BCUT2D eigenvalue weighted by Crippen LogP contribution is -2.27. The van der Waals surface area contributed by atoms with Crippen LogP contribution in [-0.2, 0) is 6.42 Å². The van der Waals surface area contributed by atoms with E-state index in [0.717, 1.165) is 13.0 Å². The van der Waals surface area contributed by atoms with Crippen molar-refractivity contribution in [2.75, 3.05) is 6.54 Å². The molecule has 1 unspecified atom stereocenters. The summed E-state index contributed by atoms with van der Waals surface area (Å²) < 4.78 is 0. The van der Waals surface area contributed by atoms with Gasteiger partial charge in [0.1, 0.15) is 0 Å². The second-order valence-corrected chi connectivity index (χ2v) is 4.29. The minimum Gasteiger partial charge on any atom is -0.310 e. The van der Waals surface area contributed by atoms with E-state index in [0.29, 0.717) is 6.04 Å². The Labute approximate surface area is 90.1 Å². The van der Waals surface area contributed by atoms with Gasteiger partial charge in [-0.05, 0) is 41.8 Å². The molecule has 76 valence electrons. The third kappa shape index (κ3) is 1.35. The standard InChI is InChI=1S/C14H15N/c1-10-14-12(8-9-15-10)7-6-11-4-2-3-5-13(11)14/h2-7,10,15H,8-9H2,1H3. The highest BCUT2D eigenvalue weighted by molar-refractivity contribution is 5.87. The van der Waals surface area contributed by atoms with Gasteiger partial charge in [0.2, 0.25) is 0 Å². The molecule has 1 aliphatic rings. The first kappa shape index (κ1) is 8.93. The number of nitrogens with one attached hydrogen (secondary N) is 1. The lowest BCUT2D eigenvalue weighted by Gasteiger charge is -2.25. The molecule has 1 heteroatoms. The number of fused-ring (bicyclic) bond motifs is 3. The van der Waals surface area contributed by atoms with Crippen LogP contribution in [0.25, 0.3) is 10.8 Å². The van der Waals surface area contributed by atoms with Crippen LogP contribution in [0, 0.1) is 0 Å². The molecule has 1 N–H and O–H groups in total. The summed E-state index contributed by atoms with van der Waals surface area (Å²) in [6.45, 7) is 3.36. The first-order valence-electron chi connectivity index (χ1n) is 5.60. The van der Waals surface area contributed by atoms with Gasteiger partial charge in [-0.3, -0.25) is 0 Å². The minimum absolute atomic E-state index is 0.486. The van der Waals surface area contributed by atoms with Gasteiger partial charge in [0.25, 0.3) is 0 Å². The molecule has 0 fully saturated rings. The van der Waals surface area contributed by atoms with Crippen molar-refractivity contribution >= 4 is 10.8 Å². The molecule has 0 radical (unpaired) electrons. The highest BCUT2D eigenvalue weighted by Crippen LogP contribution is 2.30. The smallest absolute Gasteiger partial charge is 0.0300 e. The van der Waals surface area contributed by atoms with Gasteiger partial charge in [-0.1, -0.05) is 36.4 Å². The van der Waals surface area contributed by atoms with Crippen molar-refractivity contribution < 1.29 is 0 Å². The Morgan fingerprint density at radius 1 is 1.13 bits per heavy atom. The fourth-order valence-corrected chi connectivity index (χ4v) is 2.60. The van der Waals surface area contributed by atoms with Crippen molar-refractivity contribution in [1.82, 2.24) is 5.32 Å². The molecule has 0 bridgehead atoms. The Bertz CT molecular complexity index is 502. The Hall–Kier alpha value is -1.34. The van der Waals surface area contributed by atoms with Gasteiger partial charge in [0, 0.05) is 6.04 Å². The van der Waals surface area contributed by atoms with Gasteiger partial charge < -0.3 is 5.32 Å². The summed E-state index contributed by atoms with van der Waals surface area (Å²) in [5.41, 5.74) is 3.01. The van der Waals surface area contributed by atoms with Gasteiger partial charge >= 0.3 is 0 Å². The van der Waals surface area contributed by atoms with Crippen molar-refractivity contribution in [2.24, 2.45) is 0 Å². The molecule has 1 nitrogen and oxygen atoms in total. The molecule has 0 amide bonds. The Balaban J connectivity index is 2.35. The predicted octanol–water partition coefficient (Wildman–Crippen LogP) is 3.05. The SMILES string of the molecule is CC1NCCc2ccc3ccccc3c21. The summed E-state index contributed by atoms with van der Waals surface area (Å²) in [6, 6.07) is 13.7. The van der Waals surface area contributed by atoms with Crippen LogP contribution in [0.5, 0.6) is 0 Å². The van der Waals surface area contributed by atoms with Crippen molar-refractivity contribution in [1.29, 1.82) is 0 Å². The fraction of sp³-hybridized carbons (Fsp3) is 0.286. The molecule has 1 heterocycles. The van der Waals surface area contributed by atoms with E-state index in [1.54, 1.807) is 0 Å². The largest absolute Gasteiger partial charge is 0.310 e. The molecule has 2 aromatic rings. The van der Waals surface area contributed by atoms with E-state index in [2.05, 4.69) is 48.6 Å². The fourth-order valence-electron chi connectivity index (χ4n) is 2.60. The summed E-state index contributed by atoms with van der Waals surface area (Å²) in [4.78, 5) is 0. The Morgan fingerprint density at radius 3 is 2.93 bits per heavy atom. The molecular weight excluding hydrogens is 182 g/mol. The van der Waals surface area contributed by atoms with E-state index in [1.807, 2.05) is 0 Å². The lowest BCUT2D eigenvalue weighted by atomic mass is 9.90. The third-order valence-corrected chi connectivity index (χ3v) is 3.34. The van der Waals surface area contributed by atoms with Crippen molar-refractivity contribution in [3.05, 3.63) is 47.5 Å². The average Bonchev–Trinajstić information content (AvgIpc) is 2.29. The molecule has 0 saturated carbocycles. The van der Waals surface area contributed by atoms with E-state index in [-0.39, 0.29) is 0 Å². The van der Waals surface area contributed by atoms with Crippen LogP contribution < -0.4 is 5.32 Å². The normalized spacial score (nSPS) is 20.2. The van der Waals surface area contributed by atoms with Crippen LogP contribution in [0.1, 0.15) is 24.1 Å². The predicted molar refractivity (Wildman–Crippen MR) is 64.1 cm³/mol. The van der Waals surface area contributed by atoms with Crippen LogP contribution in [0.4, 0.5) is 0 Å². The summed E-state index contributed by atoms with van der Waals surface area (Å²) >= 11 is 0. The summed E-state index contributed by atoms with van der Waals surface area (Å²) in [7, 11) is 0. The van der Waals surface area contributed by atoms with Crippen LogP contribution in [0.2, 0.25) is 0 Å². The minimum atomic E-state index is 0.486. The first-order chi connectivity index (χ1) is 7.36. The van der Waals surface area contributed by atoms with Crippen molar-refractivity contribution in [2.45, 2.75) is 19.4 Å². The average molecular weight is 197 g/mol. The molecule has 0 saturated heterocycles. The molecule has 1 aliphatic heterocycles. The molecule has 3 rings (SSSR count). The second kappa shape index (κ2) is 3.35. The van der Waals surface area contributed by atoms with Crippen LogP contribution in [-0.4, -0.2) is 6.54 Å². The molecule has 15 heavy (non-hydrogen) atoms. The Kier molecular flexibility index (Phi) is 2.00. The number of hydrogen-bond acceptors (Lipinski definition) is 1. The third-order valence-electron chi connectivity index (χ3n) is 3.34. The zero-order valence-electron chi connectivity index (χ0n) is 8.96. The van der Waals surface area contributed by atoms with E-state index < -0.39 is 0 Å². The van der Waals surface area contributed by atoms with E-state index in [1.165, 1.54) is 21.9 Å². The maximum absolute atomic E-state index is 3.53. The maximum atomic E-state index is 3.53. The van der Waals surface area contributed by atoms with Gasteiger partial charge in [-0.25, -0.2) is 0 Å². The van der Waals surface area contributed by atoms with E-state index in [4.69, 9.17) is 0 Å². The van der Waals surface area contributed by atoms with Crippen molar-refractivity contribution in [3.8, 4) is 0 Å². The van der Waals surface area contributed by atoms with Crippen molar-refractivity contribution in [3.63, 3.8) is 0 Å². The molecule has 1 atom stereocenters. The quantitative estimate of drug-likeness (QED) is 0.684. The van der Waals surface area contributed by atoms with Gasteiger partial charge in [0.15, 0.2) is 0 Å². The van der Waals surface area contributed by atoms with E-state index in [9.17, 15) is 0 Å². The first-order valence-corrected chi connectivity index (χ1v) is 5.60. The van der Waals surface area contributed by atoms with Crippen LogP contribution in [0.15, 0.2) is 36.4 Å². The molecule has 0 spiro atoms. The van der Waals surface area contributed by atoms with Crippen LogP contribution in [0.3, 0.4) is 0 Å². The molecule has 2 aromatic carbocycles. The molecule has 0 aromatic heterocycles. The Morgan fingerprint density at radius 2 is 2.00 bits per heavy atom.